The van der Waals surface area contributed by atoms with E-state index in [4.69, 9.17) is 10.5 Å². The van der Waals surface area contributed by atoms with Crippen LogP contribution in [0.1, 0.15) is 12.7 Å². The van der Waals surface area contributed by atoms with E-state index < -0.39 is 5.91 Å². The molecule has 0 atom stereocenters. The van der Waals surface area contributed by atoms with E-state index >= 15 is 0 Å². The van der Waals surface area contributed by atoms with Crippen LogP contribution in [0.15, 0.2) is 6.07 Å². The molecule has 7 nitrogen and oxygen atoms in total. The molecule has 1 aromatic rings. The van der Waals surface area contributed by atoms with E-state index in [0.29, 0.717) is 24.1 Å². The van der Waals surface area contributed by atoms with Crippen molar-refractivity contribution in [2.24, 2.45) is 5.73 Å². The van der Waals surface area contributed by atoms with Crippen molar-refractivity contribution in [3.05, 3.63) is 11.9 Å². The molecule has 18 heavy (non-hydrogen) atoms. The van der Waals surface area contributed by atoms with Crippen molar-refractivity contribution >= 4 is 17.5 Å². The van der Waals surface area contributed by atoms with Gasteiger partial charge in [-0.2, -0.15) is 0 Å². The molecule has 1 rings (SSSR count). The molecule has 0 aliphatic carbocycles. The van der Waals surface area contributed by atoms with Gasteiger partial charge in [-0.05, 0) is 6.92 Å². The second-order valence-corrected chi connectivity index (χ2v) is 3.81. The second kappa shape index (κ2) is 6.75. The van der Waals surface area contributed by atoms with Crippen LogP contribution in [0.5, 0.6) is 0 Å². The van der Waals surface area contributed by atoms with Crippen molar-refractivity contribution in [1.82, 2.24) is 9.97 Å². The van der Waals surface area contributed by atoms with Gasteiger partial charge in [0.2, 0.25) is 5.91 Å². The average molecular weight is 253 g/mol. The van der Waals surface area contributed by atoms with E-state index in [1.165, 1.54) is 0 Å². The van der Waals surface area contributed by atoms with Crippen molar-refractivity contribution in [2.75, 3.05) is 37.5 Å². The topological polar surface area (TPSA) is 93.4 Å². The fraction of sp³-hybridized carbons (Fsp3) is 0.545. The lowest BCUT2D eigenvalue weighted by Crippen LogP contribution is -2.31. The first kappa shape index (κ1) is 14.2. The summed E-state index contributed by atoms with van der Waals surface area (Å²) in [5, 5.41) is 3.11. The van der Waals surface area contributed by atoms with E-state index in [9.17, 15) is 4.79 Å². The van der Waals surface area contributed by atoms with Crippen LogP contribution in [0.4, 0.5) is 11.6 Å². The summed E-state index contributed by atoms with van der Waals surface area (Å²) >= 11 is 0. The van der Waals surface area contributed by atoms with Crippen molar-refractivity contribution < 1.29 is 9.53 Å². The highest BCUT2D eigenvalue weighted by atomic mass is 16.5. The van der Waals surface area contributed by atoms with Crippen LogP contribution in [-0.2, 0) is 16.1 Å². The Bertz CT molecular complexity index is 386. The molecule has 3 N–H and O–H groups in total. The number of ether oxygens (including phenoxy) is 1. The maximum atomic E-state index is 10.9. The number of aromatic nitrogens is 2. The third-order valence-electron chi connectivity index (χ3n) is 2.17. The van der Waals surface area contributed by atoms with E-state index in [2.05, 4.69) is 15.3 Å². The van der Waals surface area contributed by atoms with Gasteiger partial charge in [-0.3, -0.25) is 4.79 Å². The Kier molecular flexibility index (Phi) is 5.31. The van der Waals surface area contributed by atoms with Crippen molar-refractivity contribution in [2.45, 2.75) is 13.5 Å². The Morgan fingerprint density at radius 1 is 1.56 bits per heavy atom. The summed E-state index contributed by atoms with van der Waals surface area (Å²) in [5.41, 5.74) is 5.16. The van der Waals surface area contributed by atoms with Gasteiger partial charge in [0, 0.05) is 26.8 Å². The predicted molar refractivity (Wildman–Crippen MR) is 69.4 cm³/mol. The van der Waals surface area contributed by atoms with E-state index in [-0.39, 0.29) is 6.54 Å². The molecule has 0 unspecified atom stereocenters. The molecular weight excluding hydrogens is 234 g/mol. The zero-order valence-corrected chi connectivity index (χ0v) is 10.9. The number of carbonyl (C=O) groups excluding carboxylic acids is 1. The molecule has 0 spiro atoms. The molecule has 0 aliphatic heterocycles. The summed E-state index contributed by atoms with van der Waals surface area (Å²) in [5.74, 6) is 1.48. The molecule has 0 bridgehead atoms. The highest BCUT2D eigenvalue weighted by Crippen LogP contribution is 2.15. The summed E-state index contributed by atoms with van der Waals surface area (Å²) in [6.45, 7) is 3.15. The molecule has 1 amide bonds. The first-order valence-corrected chi connectivity index (χ1v) is 5.67. The van der Waals surface area contributed by atoms with Crippen LogP contribution in [0.2, 0.25) is 0 Å². The minimum absolute atomic E-state index is 0.106. The van der Waals surface area contributed by atoms with Gasteiger partial charge in [-0.15, -0.1) is 0 Å². The van der Waals surface area contributed by atoms with Crippen LogP contribution in [-0.4, -0.2) is 43.1 Å². The lowest BCUT2D eigenvalue weighted by atomic mass is 10.4. The Morgan fingerprint density at radius 2 is 2.28 bits per heavy atom. The molecule has 0 radical (unpaired) electrons. The Morgan fingerprint density at radius 3 is 2.83 bits per heavy atom. The number of amides is 1. The van der Waals surface area contributed by atoms with Gasteiger partial charge in [0.25, 0.3) is 0 Å². The Hall–Kier alpha value is -1.89. The molecular formula is C11H19N5O2. The van der Waals surface area contributed by atoms with E-state index in [1.807, 2.05) is 6.92 Å². The van der Waals surface area contributed by atoms with Gasteiger partial charge >= 0.3 is 0 Å². The highest BCUT2D eigenvalue weighted by Gasteiger charge is 2.10. The highest BCUT2D eigenvalue weighted by molar-refractivity contribution is 5.79. The van der Waals surface area contributed by atoms with Crippen LogP contribution >= 0.6 is 0 Å². The summed E-state index contributed by atoms with van der Waals surface area (Å²) in [6, 6.07) is 1.77. The molecule has 0 saturated carbocycles. The normalized spacial score (nSPS) is 10.2. The zero-order valence-electron chi connectivity index (χ0n) is 10.9. The zero-order chi connectivity index (χ0) is 13.5. The average Bonchev–Trinajstić information content (AvgIpc) is 2.28. The van der Waals surface area contributed by atoms with Crippen LogP contribution < -0.4 is 16.0 Å². The number of nitrogens with one attached hydrogen (secondary N) is 1. The number of nitrogens with two attached hydrogens (primary N) is 1. The van der Waals surface area contributed by atoms with Crippen LogP contribution in [0.3, 0.4) is 0 Å². The van der Waals surface area contributed by atoms with Crippen LogP contribution in [0, 0.1) is 0 Å². The number of methoxy groups -OCH3 is 1. The van der Waals surface area contributed by atoms with Crippen molar-refractivity contribution in [3.63, 3.8) is 0 Å². The van der Waals surface area contributed by atoms with Gasteiger partial charge in [0.1, 0.15) is 18.2 Å². The first-order chi connectivity index (χ1) is 8.56. The quantitative estimate of drug-likeness (QED) is 0.709. The number of likely N-dealkylation sites (N-methyl/N-ethyl adjacent to an activating group) is 1. The fourth-order valence-corrected chi connectivity index (χ4v) is 1.46. The number of carbonyl (C=O) groups is 1. The molecule has 0 fully saturated rings. The van der Waals surface area contributed by atoms with Crippen molar-refractivity contribution in [1.29, 1.82) is 0 Å². The van der Waals surface area contributed by atoms with E-state index in [1.54, 1.807) is 25.1 Å². The minimum atomic E-state index is -0.408. The predicted octanol–water partition coefficient (Wildman–Crippen LogP) is -0.0237. The van der Waals surface area contributed by atoms with Crippen LogP contribution in [0.25, 0.3) is 0 Å². The molecule has 7 heteroatoms. The summed E-state index contributed by atoms with van der Waals surface area (Å²) in [7, 11) is 3.33. The number of primary amides is 1. The summed E-state index contributed by atoms with van der Waals surface area (Å²) < 4.78 is 5.01. The van der Waals surface area contributed by atoms with E-state index in [0.717, 1.165) is 6.54 Å². The largest absolute Gasteiger partial charge is 0.377 e. The number of rotatable bonds is 7. The second-order valence-electron chi connectivity index (χ2n) is 3.81. The number of hydrogen-bond donors (Lipinski definition) is 2. The van der Waals surface area contributed by atoms with Crippen molar-refractivity contribution in [3.8, 4) is 0 Å². The van der Waals surface area contributed by atoms with Gasteiger partial charge in [0.15, 0.2) is 5.82 Å². The third kappa shape index (κ3) is 4.17. The Balaban J connectivity index is 2.97. The number of anilines is 2. The molecule has 100 valence electrons. The van der Waals surface area contributed by atoms with Gasteiger partial charge < -0.3 is 20.7 Å². The summed E-state index contributed by atoms with van der Waals surface area (Å²) in [6.07, 6.45) is 0. The summed E-state index contributed by atoms with van der Waals surface area (Å²) in [4.78, 5) is 21.2. The minimum Gasteiger partial charge on any atom is -0.377 e. The maximum Gasteiger partial charge on any atom is 0.236 e. The fourth-order valence-electron chi connectivity index (χ4n) is 1.46. The lowest BCUT2D eigenvalue weighted by Gasteiger charge is -2.17. The van der Waals surface area contributed by atoms with Gasteiger partial charge in [-0.25, -0.2) is 9.97 Å². The lowest BCUT2D eigenvalue weighted by molar-refractivity contribution is -0.116. The standard InChI is InChI=1S/C11H19N5O2/c1-4-13-9-5-11(16(2)6-8(12)17)15-10(14-9)7-18-3/h5H,4,6-7H2,1-3H3,(H2,12,17)(H,13,14,15). The third-order valence-corrected chi connectivity index (χ3v) is 2.17. The molecule has 1 heterocycles. The SMILES string of the molecule is CCNc1cc(N(C)CC(N)=O)nc(COC)n1. The first-order valence-electron chi connectivity index (χ1n) is 5.67. The Labute approximate surface area is 106 Å². The number of nitrogens with zero attached hydrogens (tertiary/aromatic N) is 3. The maximum absolute atomic E-state index is 10.9. The molecule has 0 aliphatic rings. The van der Waals surface area contributed by atoms with Gasteiger partial charge in [0.05, 0.1) is 6.54 Å². The monoisotopic (exact) mass is 253 g/mol. The molecule has 0 saturated heterocycles. The smallest absolute Gasteiger partial charge is 0.236 e. The molecule has 0 aromatic carbocycles. The van der Waals surface area contributed by atoms with Gasteiger partial charge in [-0.1, -0.05) is 0 Å². The molecule has 1 aromatic heterocycles. The number of hydrogen-bond acceptors (Lipinski definition) is 6.